The number of rotatable bonds is 7. The Morgan fingerprint density at radius 1 is 1.00 bits per heavy atom. The third kappa shape index (κ3) is 5.22. The van der Waals surface area contributed by atoms with Crippen molar-refractivity contribution in [1.29, 1.82) is 0 Å². The second-order valence-electron chi connectivity index (χ2n) is 8.05. The summed E-state index contributed by atoms with van der Waals surface area (Å²) >= 11 is 0. The average molecular weight is 474 g/mol. The van der Waals surface area contributed by atoms with Crippen molar-refractivity contribution in [3.8, 4) is 11.1 Å². The molecule has 0 atom stereocenters. The summed E-state index contributed by atoms with van der Waals surface area (Å²) in [7, 11) is 0. The van der Waals surface area contributed by atoms with Crippen molar-refractivity contribution >= 4 is 23.7 Å². The number of carbonyl (C=O) groups is 3. The number of hydrogen-bond donors (Lipinski definition) is 3. The number of carbonyl (C=O) groups excluding carboxylic acids is 2. The highest BCUT2D eigenvalue weighted by Crippen LogP contribution is 2.44. The molecule has 7 nitrogen and oxygen atoms in total. The third-order valence-electron chi connectivity index (χ3n) is 5.81. The first-order chi connectivity index (χ1) is 16.8. The first kappa shape index (κ1) is 23.7. The summed E-state index contributed by atoms with van der Waals surface area (Å²) in [5, 5.41) is 14.1. The van der Waals surface area contributed by atoms with Gasteiger partial charge in [0.1, 0.15) is 12.4 Å². The minimum atomic E-state index is -1.43. The molecule has 0 bridgehead atoms. The summed E-state index contributed by atoms with van der Waals surface area (Å²) in [5.41, 5.74) is 4.38. The van der Waals surface area contributed by atoms with Gasteiger partial charge < -0.3 is 20.5 Å². The SMILES string of the molecule is C/C(=C\CNC(=O)OCC1c2ccccc2-c2ccccc21)C(=O)Nc1ccc(F)c(C(=O)O)c1. The van der Waals surface area contributed by atoms with Crippen LogP contribution in [-0.2, 0) is 9.53 Å². The van der Waals surface area contributed by atoms with Crippen LogP contribution in [0.15, 0.2) is 78.4 Å². The van der Waals surface area contributed by atoms with Crippen molar-refractivity contribution in [1.82, 2.24) is 5.32 Å². The van der Waals surface area contributed by atoms with Gasteiger partial charge in [-0.2, -0.15) is 0 Å². The van der Waals surface area contributed by atoms with Gasteiger partial charge in [0.05, 0.1) is 5.56 Å². The first-order valence-corrected chi connectivity index (χ1v) is 10.9. The lowest BCUT2D eigenvalue weighted by atomic mass is 9.98. The molecule has 8 heteroatoms. The maximum absolute atomic E-state index is 13.5. The molecule has 3 N–H and O–H groups in total. The predicted octanol–water partition coefficient (Wildman–Crippen LogP) is 4.95. The van der Waals surface area contributed by atoms with Crippen LogP contribution in [0.25, 0.3) is 11.1 Å². The predicted molar refractivity (Wildman–Crippen MR) is 129 cm³/mol. The quantitative estimate of drug-likeness (QED) is 0.421. The number of anilines is 1. The van der Waals surface area contributed by atoms with E-state index in [9.17, 15) is 18.8 Å². The van der Waals surface area contributed by atoms with Gasteiger partial charge in [0.2, 0.25) is 0 Å². The Morgan fingerprint density at radius 3 is 2.26 bits per heavy atom. The summed E-state index contributed by atoms with van der Waals surface area (Å²) in [6.45, 7) is 1.77. The van der Waals surface area contributed by atoms with Gasteiger partial charge in [0.25, 0.3) is 5.91 Å². The van der Waals surface area contributed by atoms with Crippen molar-refractivity contribution in [2.24, 2.45) is 0 Å². The van der Waals surface area contributed by atoms with Crippen LogP contribution in [0.2, 0.25) is 0 Å². The average Bonchev–Trinajstić information content (AvgIpc) is 3.17. The third-order valence-corrected chi connectivity index (χ3v) is 5.81. The van der Waals surface area contributed by atoms with Gasteiger partial charge in [0.15, 0.2) is 0 Å². The van der Waals surface area contributed by atoms with E-state index in [0.717, 1.165) is 34.4 Å². The molecule has 4 rings (SSSR count). The summed E-state index contributed by atoms with van der Waals surface area (Å²) in [6.07, 6.45) is 0.888. The number of ether oxygens (including phenoxy) is 1. The van der Waals surface area contributed by atoms with Crippen molar-refractivity contribution in [2.75, 3.05) is 18.5 Å². The van der Waals surface area contributed by atoms with Gasteiger partial charge in [-0.3, -0.25) is 4.79 Å². The van der Waals surface area contributed by atoms with E-state index in [1.54, 1.807) is 0 Å². The van der Waals surface area contributed by atoms with Gasteiger partial charge in [-0.15, -0.1) is 0 Å². The Labute approximate surface area is 201 Å². The highest BCUT2D eigenvalue weighted by molar-refractivity contribution is 6.04. The molecule has 2 amide bonds. The van der Waals surface area contributed by atoms with E-state index >= 15 is 0 Å². The largest absolute Gasteiger partial charge is 0.478 e. The zero-order chi connectivity index (χ0) is 24.9. The Morgan fingerprint density at radius 2 is 1.63 bits per heavy atom. The molecule has 178 valence electrons. The van der Waals surface area contributed by atoms with E-state index in [2.05, 4.69) is 22.8 Å². The smallest absolute Gasteiger partial charge is 0.407 e. The molecule has 0 saturated carbocycles. The minimum absolute atomic E-state index is 0.0531. The second kappa shape index (κ2) is 10.2. The summed E-state index contributed by atoms with van der Waals surface area (Å²) < 4.78 is 19.0. The van der Waals surface area contributed by atoms with Crippen LogP contribution < -0.4 is 10.6 Å². The normalized spacial score (nSPS) is 12.5. The van der Waals surface area contributed by atoms with Crippen molar-refractivity contribution in [2.45, 2.75) is 12.8 Å². The minimum Gasteiger partial charge on any atom is -0.478 e. The van der Waals surface area contributed by atoms with E-state index in [0.29, 0.717) is 0 Å². The van der Waals surface area contributed by atoms with Crippen molar-refractivity contribution in [3.05, 3.63) is 101 Å². The number of alkyl carbamates (subject to hydrolysis) is 1. The zero-order valence-corrected chi connectivity index (χ0v) is 18.9. The highest BCUT2D eigenvalue weighted by Gasteiger charge is 2.28. The lowest BCUT2D eigenvalue weighted by Crippen LogP contribution is -2.26. The number of benzene rings is 3. The summed E-state index contributed by atoms with van der Waals surface area (Å²) in [4.78, 5) is 35.6. The van der Waals surface area contributed by atoms with Crippen molar-refractivity contribution < 1.29 is 28.6 Å². The zero-order valence-electron chi connectivity index (χ0n) is 18.9. The lowest BCUT2D eigenvalue weighted by molar-refractivity contribution is -0.112. The lowest BCUT2D eigenvalue weighted by Gasteiger charge is -2.14. The molecule has 0 heterocycles. The summed E-state index contributed by atoms with van der Waals surface area (Å²) in [6, 6.07) is 19.3. The number of fused-ring (bicyclic) bond motifs is 3. The van der Waals surface area contributed by atoms with Crippen LogP contribution in [0.3, 0.4) is 0 Å². The molecule has 0 spiro atoms. The van der Waals surface area contributed by atoms with Gasteiger partial charge in [-0.1, -0.05) is 54.6 Å². The molecule has 0 aliphatic heterocycles. The van der Waals surface area contributed by atoms with Crippen LogP contribution >= 0.6 is 0 Å². The number of amides is 2. The number of hydrogen-bond acceptors (Lipinski definition) is 4. The standard InChI is InChI=1S/C27H23FN2O5/c1-16(25(31)30-17-10-11-24(28)22(14-17)26(32)33)12-13-29-27(34)35-15-23-20-8-4-2-6-18(20)19-7-3-5-9-21(19)23/h2-12,14,23H,13,15H2,1H3,(H,29,34)(H,30,31)(H,32,33)/b16-12+. The van der Waals surface area contributed by atoms with E-state index in [1.165, 1.54) is 19.1 Å². The maximum Gasteiger partial charge on any atom is 0.407 e. The van der Waals surface area contributed by atoms with Gasteiger partial charge in [-0.25, -0.2) is 14.0 Å². The Balaban J connectivity index is 1.30. The van der Waals surface area contributed by atoms with E-state index in [-0.39, 0.29) is 30.3 Å². The highest BCUT2D eigenvalue weighted by atomic mass is 19.1. The molecule has 3 aromatic rings. The topological polar surface area (TPSA) is 105 Å². The fourth-order valence-corrected chi connectivity index (χ4v) is 4.03. The van der Waals surface area contributed by atoms with Crippen molar-refractivity contribution in [3.63, 3.8) is 0 Å². The first-order valence-electron chi connectivity index (χ1n) is 10.9. The van der Waals surface area contributed by atoms with Crippen LogP contribution in [0.5, 0.6) is 0 Å². The molecule has 0 radical (unpaired) electrons. The van der Waals surface area contributed by atoms with Gasteiger partial charge >= 0.3 is 12.1 Å². The maximum atomic E-state index is 13.5. The number of nitrogens with one attached hydrogen (secondary N) is 2. The van der Waals surface area contributed by atoms with Gasteiger partial charge in [0, 0.05) is 23.7 Å². The molecule has 0 unspecified atom stereocenters. The summed E-state index contributed by atoms with van der Waals surface area (Å²) in [5.74, 6) is -2.89. The number of halogens is 1. The van der Waals surface area contributed by atoms with Crippen LogP contribution in [0.1, 0.15) is 34.3 Å². The molecular weight excluding hydrogens is 451 g/mol. The molecular formula is C27H23FN2O5. The molecule has 0 aromatic heterocycles. The molecule has 1 aliphatic rings. The number of carboxylic acid groups (broad SMARTS) is 1. The fourth-order valence-electron chi connectivity index (χ4n) is 4.03. The van der Waals surface area contributed by atoms with E-state index in [4.69, 9.17) is 9.84 Å². The molecule has 0 saturated heterocycles. The van der Waals surface area contributed by atoms with Crippen LogP contribution in [0.4, 0.5) is 14.9 Å². The van der Waals surface area contributed by atoms with Crippen LogP contribution in [0, 0.1) is 5.82 Å². The fraction of sp³-hybridized carbons (Fsp3) is 0.148. The molecule has 35 heavy (non-hydrogen) atoms. The Kier molecular flexibility index (Phi) is 6.91. The molecule has 0 fully saturated rings. The monoisotopic (exact) mass is 474 g/mol. The Hall–Kier alpha value is -4.46. The second-order valence-corrected chi connectivity index (χ2v) is 8.05. The van der Waals surface area contributed by atoms with Gasteiger partial charge in [-0.05, 0) is 47.4 Å². The molecule has 1 aliphatic carbocycles. The Bertz CT molecular complexity index is 1290. The van der Waals surface area contributed by atoms with Crippen LogP contribution in [-0.4, -0.2) is 36.2 Å². The molecule has 3 aromatic carbocycles. The van der Waals surface area contributed by atoms with E-state index in [1.807, 2.05) is 36.4 Å². The number of aromatic carboxylic acids is 1. The van der Waals surface area contributed by atoms with E-state index < -0.39 is 29.4 Å². The number of carboxylic acids is 1.